The van der Waals surface area contributed by atoms with Gasteiger partial charge in [-0.1, -0.05) is 11.6 Å². The van der Waals surface area contributed by atoms with E-state index in [1.165, 1.54) is 6.20 Å². The Balaban J connectivity index is 2.59. The Hall–Kier alpha value is -1.45. The number of pyridine rings is 1. The molecule has 5 nitrogen and oxygen atoms in total. The van der Waals surface area contributed by atoms with Gasteiger partial charge in [-0.25, -0.2) is 9.78 Å². The van der Waals surface area contributed by atoms with E-state index in [-0.39, 0.29) is 12.6 Å². The number of amides is 1. The lowest BCUT2D eigenvalue weighted by molar-refractivity contribution is 0.0489. The first-order valence-electron chi connectivity index (χ1n) is 6.58. The van der Waals surface area contributed by atoms with Crippen molar-refractivity contribution in [1.29, 1.82) is 0 Å². The second kappa shape index (κ2) is 8.25. The average molecular weight is 390 g/mol. The molecule has 1 atom stereocenters. The average Bonchev–Trinajstić information content (AvgIpc) is 2.38. The van der Waals surface area contributed by atoms with Crippen molar-refractivity contribution in [2.45, 2.75) is 38.8 Å². The maximum atomic E-state index is 11.8. The topological polar surface area (TPSA) is 60.5 Å². The van der Waals surface area contributed by atoms with Gasteiger partial charge >= 0.3 is 6.09 Å². The zero-order valence-electron chi connectivity index (χ0n) is 12.7. The molecule has 22 heavy (non-hydrogen) atoms. The summed E-state index contributed by atoms with van der Waals surface area (Å²) in [4.78, 5) is 15.7. The number of halogens is 2. The van der Waals surface area contributed by atoms with Crippen molar-refractivity contribution in [3.8, 4) is 18.1 Å². The van der Waals surface area contributed by atoms with Gasteiger partial charge in [0.25, 0.3) is 0 Å². The van der Waals surface area contributed by atoms with Crippen molar-refractivity contribution < 1.29 is 14.3 Å². The van der Waals surface area contributed by atoms with E-state index in [2.05, 4.69) is 32.2 Å². The Morgan fingerprint density at radius 2 is 2.27 bits per heavy atom. The van der Waals surface area contributed by atoms with Gasteiger partial charge in [-0.05, 0) is 42.8 Å². The van der Waals surface area contributed by atoms with Crippen molar-refractivity contribution in [3.63, 3.8) is 0 Å². The normalized spacial score (nSPS) is 12.2. The molecular weight excluding hydrogens is 372 g/mol. The Morgan fingerprint density at radius 3 is 2.82 bits per heavy atom. The molecule has 1 amide bonds. The summed E-state index contributed by atoms with van der Waals surface area (Å²) in [6.07, 6.45) is 6.59. The summed E-state index contributed by atoms with van der Waals surface area (Å²) in [5.74, 6) is 3.01. The monoisotopic (exact) mass is 388 g/mol. The fraction of sp³-hybridized carbons (Fsp3) is 0.467. The van der Waals surface area contributed by atoms with Crippen LogP contribution in [-0.2, 0) is 4.74 Å². The highest BCUT2D eigenvalue weighted by molar-refractivity contribution is 9.10. The number of carbonyl (C=O) groups is 1. The molecule has 0 aromatic carbocycles. The minimum atomic E-state index is -0.573. The van der Waals surface area contributed by atoms with Crippen LogP contribution >= 0.6 is 27.5 Å². The molecule has 1 heterocycles. The molecule has 120 valence electrons. The molecule has 1 aromatic heterocycles. The number of carbonyl (C=O) groups excluding carboxylic acids is 1. The molecule has 1 rings (SSSR count). The van der Waals surface area contributed by atoms with Crippen LogP contribution in [0.1, 0.15) is 27.2 Å². The van der Waals surface area contributed by atoms with Crippen molar-refractivity contribution >= 4 is 33.6 Å². The number of hydrogen-bond donors (Lipinski definition) is 1. The Labute approximate surface area is 143 Å². The summed E-state index contributed by atoms with van der Waals surface area (Å²) in [5, 5.41) is 3.03. The van der Waals surface area contributed by atoms with Crippen molar-refractivity contribution in [1.82, 2.24) is 10.3 Å². The first-order chi connectivity index (χ1) is 10.2. The van der Waals surface area contributed by atoms with Crippen molar-refractivity contribution in [2.75, 3.05) is 6.61 Å². The van der Waals surface area contributed by atoms with Gasteiger partial charge in [0, 0.05) is 6.42 Å². The lowest BCUT2D eigenvalue weighted by Crippen LogP contribution is -2.42. The van der Waals surface area contributed by atoms with E-state index in [9.17, 15) is 4.79 Å². The maximum absolute atomic E-state index is 11.8. The summed E-state index contributed by atoms with van der Waals surface area (Å²) in [6.45, 7) is 5.56. The lowest BCUT2D eigenvalue weighted by atomic mass is 10.2. The molecule has 1 N–H and O–H groups in total. The number of rotatable bonds is 5. The van der Waals surface area contributed by atoms with Crippen molar-refractivity contribution in [3.05, 3.63) is 21.9 Å². The van der Waals surface area contributed by atoms with E-state index in [0.29, 0.717) is 21.8 Å². The van der Waals surface area contributed by atoms with E-state index in [1.54, 1.807) is 26.8 Å². The second-order valence-electron chi connectivity index (χ2n) is 5.51. The van der Waals surface area contributed by atoms with E-state index < -0.39 is 11.7 Å². The summed E-state index contributed by atoms with van der Waals surface area (Å²) >= 11 is 9.07. The second-order valence-corrected chi connectivity index (χ2v) is 6.72. The van der Waals surface area contributed by atoms with E-state index in [1.807, 2.05) is 0 Å². The SMILES string of the molecule is C#CC[C@@H](COc1cnc(Cl)c(Br)c1)NC(=O)OC(C)(C)C. The third kappa shape index (κ3) is 7.01. The van der Waals surface area contributed by atoms with Gasteiger partial charge in [0.2, 0.25) is 0 Å². The van der Waals surface area contributed by atoms with Gasteiger partial charge in [-0.3, -0.25) is 0 Å². The van der Waals surface area contributed by atoms with Gasteiger partial charge in [0.15, 0.2) is 0 Å². The first-order valence-corrected chi connectivity index (χ1v) is 7.75. The number of ether oxygens (including phenoxy) is 2. The van der Waals surface area contributed by atoms with E-state index >= 15 is 0 Å². The summed E-state index contributed by atoms with van der Waals surface area (Å²) in [5.41, 5.74) is -0.573. The van der Waals surface area contributed by atoms with Crippen LogP contribution in [0.3, 0.4) is 0 Å². The Bertz CT molecular complexity index is 567. The predicted molar refractivity (Wildman–Crippen MR) is 89.0 cm³/mol. The molecule has 7 heteroatoms. The summed E-state index contributed by atoms with van der Waals surface area (Å²) in [6, 6.07) is 1.32. The van der Waals surface area contributed by atoms with Crippen LogP contribution in [0.4, 0.5) is 4.79 Å². The smallest absolute Gasteiger partial charge is 0.408 e. The molecule has 0 bridgehead atoms. The van der Waals surface area contributed by atoms with Gasteiger partial charge in [-0.15, -0.1) is 12.3 Å². The van der Waals surface area contributed by atoms with E-state index in [4.69, 9.17) is 27.5 Å². The molecule has 0 aliphatic carbocycles. The number of alkyl carbamates (subject to hydrolysis) is 1. The molecule has 0 spiro atoms. The standard InChI is InChI=1S/C15H18BrClN2O3/c1-5-6-10(19-14(20)22-15(2,3)4)9-21-11-7-12(16)13(17)18-8-11/h1,7-8,10H,6,9H2,2-4H3,(H,19,20)/t10-/m0/s1. The third-order valence-corrected chi connectivity index (χ3v) is 3.44. The number of nitrogens with zero attached hydrogens (tertiary/aromatic N) is 1. The maximum Gasteiger partial charge on any atom is 0.408 e. The Kier molecular flexibility index (Phi) is 6.98. The number of terminal acetylenes is 1. The van der Waals surface area contributed by atoms with Crippen LogP contribution in [0.15, 0.2) is 16.7 Å². The van der Waals surface area contributed by atoms with Crippen LogP contribution in [0, 0.1) is 12.3 Å². The largest absolute Gasteiger partial charge is 0.490 e. The molecule has 0 radical (unpaired) electrons. The van der Waals surface area contributed by atoms with Crippen LogP contribution in [0.25, 0.3) is 0 Å². The molecule has 0 unspecified atom stereocenters. The molecule has 0 saturated carbocycles. The highest BCUT2D eigenvalue weighted by atomic mass is 79.9. The Morgan fingerprint density at radius 1 is 1.59 bits per heavy atom. The molecule has 0 aliphatic heterocycles. The zero-order chi connectivity index (χ0) is 16.8. The molecule has 1 aromatic rings. The van der Waals surface area contributed by atoms with Crippen molar-refractivity contribution in [2.24, 2.45) is 0 Å². The molecule has 0 saturated heterocycles. The first kappa shape index (κ1) is 18.6. The fourth-order valence-electron chi connectivity index (χ4n) is 1.45. The summed E-state index contributed by atoms with van der Waals surface area (Å²) in [7, 11) is 0. The molecule has 0 aliphatic rings. The number of aromatic nitrogens is 1. The van der Waals surface area contributed by atoms with Crippen LogP contribution in [0.5, 0.6) is 5.75 Å². The quantitative estimate of drug-likeness (QED) is 0.615. The minimum Gasteiger partial charge on any atom is -0.490 e. The molecular formula is C15H18BrClN2O3. The predicted octanol–water partition coefficient (Wildman–Crippen LogP) is 3.79. The minimum absolute atomic E-state index is 0.194. The van der Waals surface area contributed by atoms with Crippen LogP contribution < -0.4 is 10.1 Å². The highest BCUT2D eigenvalue weighted by Crippen LogP contribution is 2.24. The molecule has 0 fully saturated rings. The van der Waals surface area contributed by atoms with Gasteiger partial charge in [0.05, 0.1) is 16.7 Å². The van der Waals surface area contributed by atoms with Crippen LogP contribution in [0.2, 0.25) is 5.15 Å². The fourth-order valence-corrected chi connectivity index (χ4v) is 1.88. The van der Waals surface area contributed by atoms with Gasteiger partial charge in [0.1, 0.15) is 23.1 Å². The lowest BCUT2D eigenvalue weighted by Gasteiger charge is -2.23. The highest BCUT2D eigenvalue weighted by Gasteiger charge is 2.19. The van der Waals surface area contributed by atoms with Gasteiger partial charge in [-0.2, -0.15) is 0 Å². The van der Waals surface area contributed by atoms with Crippen LogP contribution in [-0.4, -0.2) is 29.3 Å². The third-order valence-electron chi connectivity index (χ3n) is 2.31. The van der Waals surface area contributed by atoms with Gasteiger partial charge < -0.3 is 14.8 Å². The number of hydrogen-bond acceptors (Lipinski definition) is 4. The summed E-state index contributed by atoms with van der Waals surface area (Å²) < 4.78 is 11.4. The zero-order valence-corrected chi connectivity index (χ0v) is 15.0. The number of nitrogens with one attached hydrogen (secondary N) is 1. The van der Waals surface area contributed by atoms with E-state index in [0.717, 1.165) is 0 Å².